The van der Waals surface area contributed by atoms with Crippen LogP contribution in [0.5, 0.6) is 5.75 Å². The van der Waals surface area contributed by atoms with E-state index in [1.165, 1.54) is 0 Å². The standard InChI is InChI=1S/C11H9ClO2S/c1-13-8-2-3-9-7(6-12)4-11(15)14-10(9)5-8/h2-5H,6H2,1H3. The summed E-state index contributed by atoms with van der Waals surface area (Å²) in [6.45, 7) is 0. The van der Waals surface area contributed by atoms with Crippen LogP contribution in [0.2, 0.25) is 0 Å². The third-order valence-corrected chi connectivity index (χ3v) is 2.67. The molecular weight excluding hydrogens is 232 g/mol. The molecular formula is C11H9ClO2S. The molecule has 4 heteroatoms. The second-order valence-corrected chi connectivity index (χ2v) is 3.76. The fourth-order valence-electron chi connectivity index (χ4n) is 1.45. The normalized spacial score (nSPS) is 10.5. The van der Waals surface area contributed by atoms with Gasteiger partial charge in [-0.1, -0.05) is 0 Å². The zero-order chi connectivity index (χ0) is 10.8. The lowest BCUT2D eigenvalue weighted by atomic mass is 10.1. The van der Waals surface area contributed by atoms with Crippen molar-refractivity contribution < 1.29 is 9.15 Å². The number of hydrogen-bond acceptors (Lipinski definition) is 3. The zero-order valence-corrected chi connectivity index (χ0v) is 9.69. The SMILES string of the molecule is COc1ccc2c(CCl)cc(=S)oc2c1. The topological polar surface area (TPSA) is 22.4 Å². The smallest absolute Gasteiger partial charge is 0.191 e. The molecule has 1 aromatic heterocycles. The van der Waals surface area contributed by atoms with E-state index in [0.29, 0.717) is 16.2 Å². The summed E-state index contributed by atoms with van der Waals surface area (Å²) < 4.78 is 11.0. The van der Waals surface area contributed by atoms with Crippen LogP contribution in [0.25, 0.3) is 11.0 Å². The Hall–Kier alpha value is -1.06. The third kappa shape index (κ3) is 1.98. The van der Waals surface area contributed by atoms with Gasteiger partial charge < -0.3 is 9.15 Å². The van der Waals surface area contributed by atoms with Crippen LogP contribution in [-0.2, 0) is 5.88 Å². The maximum Gasteiger partial charge on any atom is 0.191 e. The van der Waals surface area contributed by atoms with Crippen LogP contribution in [0.4, 0.5) is 0 Å². The zero-order valence-electron chi connectivity index (χ0n) is 8.12. The van der Waals surface area contributed by atoms with Crippen LogP contribution < -0.4 is 4.74 Å². The average molecular weight is 241 g/mol. The van der Waals surface area contributed by atoms with Crippen molar-refractivity contribution in [3.8, 4) is 5.75 Å². The van der Waals surface area contributed by atoms with Gasteiger partial charge in [-0.15, -0.1) is 11.6 Å². The van der Waals surface area contributed by atoms with E-state index in [1.807, 2.05) is 12.1 Å². The Labute approximate surface area is 97.4 Å². The van der Waals surface area contributed by atoms with E-state index in [9.17, 15) is 0 Å². The van der Waals surface area contributed by atoms with E-state index in [2.05, 4.69) is 0 Å². The maximum absolute atomic E-state index is 5.83. The van der Waals surface area contributed by atoms with E-state index in [0.717, 1.165) is 16.7 Å². The first-order valence-electron chi connectivity index (χ1n) is 4.41. The molecule has 0 aliphatic heterocycles. The van der Waals surface area contributed by atoms with E-state index in [-0.39, 0.29) is 0 Å². The van der Waals surface area contributed by atoms with Crippen LogP contribution in [0, 0.1) is 4.71 Å². The van der Waals surface area contributed by atoms with Gasteiger partial charge in [-0.05, 0) is 36.0 Å². The maximum atomic E-state index is 5.83. The van der Waals surface area contributed by atoms with Crippen molar-refractivity contribution in [2.24, 2.45) is 0 Å². The summed E-state index contributed by atoms with van der Waals surface area (Å²) in [5.74, 6) is 1.16. The van der Waals surface area contributed by atoms with Crippen molar-refractivity contribution in [3.05, 3.63) is 34.5 Å². The van der Waals surface area contributed by atoms with E-state index >= 15 is 0 Å². The highest BCUT2D eigenvalue weighted by Crippen LogP contribution is 2.25. The van der Waals surface area contributed by atoms with Crippen molar-refractivity contribution in [3.63, 3.8) is 0 Å². The minimum atomic E-state index is 0.419. The molecule has 0 atom stereocenters. The molecule has 0 radical (unpaired) electrons. The second kappa shape index (κ2) is 4.21. The summed E-state index contributed by atoms with van der Waals surface area (Å²) in [6, 6.07) is 7.37. The summed E-state index contributed by atoms with van der Waals surface area (Å²) in [5, 5.41) is 0.972. The number of hydrogen-bond donors (Lipinski definition) is 0. The Balaban J connectivity index is 2.78. The minimum absolute atomic E-state index is 0.419. The van der Waals surface area contributed by atoms with Crippen LogP contribution >= 0.6 is 23.8 Å². The van der Waals surface area contributed by atoms with Gasteiger partial charge in [0.1, 0.15) is 11.3 Å². The van der Waals surface area contributed by atoms with Gasteiger partial charge in [0.15, 0.2) is 4.71 Å². The lowest BCUT2D eigenvalue weighted by molar-refractivity contribution is 0.414. The Morgan fingerprint density at radius 1 is 1.40 bits per heavy atom. The molecule has 0 amide bonds. The van der Waals surface area contributed by atoms with Crippen LogP contribution in [0.3, 0.4) is 0 Å². The molecule has 0 bridgehead atoms. The first-order valence-corrected chi connectivity index (χ1v) is 5.35. The number of alkyl halides is 1. The molecule has 0 unspecified atom stereocenters. The van der Waals surface area contributed by atoms with Crippen molar-refractivity contribution in [1.82, 2.24) is 0 Å². The third-order valence-electron chi connectivity index (χ3n) is 2.18. The molecule has 0 aliphatic rings. The van der Waals surface area contributed by atoms with Crippen LogP contribution in [0.15, 0.2) is 28.7 Å². The van der Waals surface area contributed by atoms with Crippen LogP contribution in [-0.4, -0.2) is 7.11 Å². The molecule has 78 valence electrons. The Morgan fingerprint density at radius 2 is 2.20 bits per heavy atom. The molecule has 2 nitrogen and oxygen atoms in total. The molecule has 0 N–H and O–H groups in total. The fourth-order valence-corrected chi connectivity index (χ4v) is 1.90. The lowest BCUT2D eigenvalue weighted by Crippen LogP contribution is -1.86. The summed E-state index contributed by atoms with van der Waals surface area (Å²) in [6.07, 6.45) is 0. The van der Waals surface area contributed by atoms with Crippen molar-refractivity contribution >= 4 is 34.8 Å². The summed E-state index contributed by atoms with van der Waals surface area (Å²) in [4.78, 5) is 0. The molecule has 15 heavy (non-hydrogen) atoms. The summed E-state index contributed by atoms with van der Waals surface area (Å²) >= 11 is 10.8. The van der Waals surface area contributed by atoms with Gasteiger partial charge in [0.25, 0.3) is 0 Å². The molecule has 0 fully saturated rings. The number of fused-ring (bicyclic) bond motifs is 1. The monoisotopic (exact) mass is 240 g/mol. The van der Waals surface area contributed by atoms with E-state index < -0.39 is 0 Å². The Bertz CT molecular complexity index is 548. The molecule has 1 heterocycles. The Morgan fingerprint density at radius 3 is 2.87 bits per heavy atom. The summed E-state index contributed by atoms with van der Waals surface area (Å²) in [5.41, 5.74) is 1.68. The van der Waals surface area contributed by atoms with E-state index in [1.54, 1.807) is 19.2 Å². The van der Waals surface area contributed by atoms with Gasteiger partial charge in [0, 0.05) is 17.3 Å². The van der Waals surface area contributed by atoms with Gasteiger partial charge >= 0.3 is 0 Å². The minimum Gasteiger partial charge on any atom is -0.497 e. The van der Waals surface area contributed by atoms with Gasteiger partial charge in [-0.2, -0.15) is 0 Å². The fraction of sp³-hybridized carbons (Fsp3) is 0.182. The van der Waals surface area contributed by atoms with Crippen molar-refractivity contribution in [2.75, 3.05) is 7.11 Å². The van der Waals surface area contributed by atoms with E-state index in [4.69, 9.17) is 33.0 Å². The highest BCUT2D eigenvalue weighted by molar-refractivity contribution is 7.71. The van der Waals surface area contributed by atoms with Gasteiger partial charge in [-0.3, -0.25) is 0 Å². The van der Waals surface area contributed by atoms with Crippen molar-refractivity contribution in [1.29, 1.82) is 0 Å². The average Bonchev–Trinajstić information content (AvgIpc) is 2.26. The Kier molecular flexibility index (Phi) is 2.93. The van der Waals surface area contributed by atoms with Gasteiger partial charge in [0.05, 0.1) is 7.11 Å². The first kappa shape index (κ1) is 10.5. The first-order chi connectivity index (χ1) is 7.24. The number of ether oxygens (including phenoxy) is 1. The molecule has 0 aliphatic carbocycles. The summed E-state index contributed by atoms with van der Waals surface area (Å²) in [7, 11) is 1.61. The van der Waals surface area contributed by atoms with Crippen LogP contribution in [0.1, 0.15) is 5.56 Å². The predicted octanol–water partition coefficient (Wildman–Crippen LogP) is 3.91. The second-order valence-electron chi connectivity index (χ2n) is 3.09. The molecule has 1 aromatic carbocycles. The highest BCUT2D eigenvalue weighted by atomic mass is 35.5. The molecule has 2 aromatic rings. The molecule has 0 saturated heterocycles. The molecule has 0 spiro atoms. The number of rotatable bonds is 2. The van der Waals surface area contributed by atoms with Gasteiger partial charge in [0.2, 0.25) is 0 Å². The quantitative estimate of drug-likeness (QED) is 0.587. The van der Waals surface area contributed by atoms with Crippen molar-refractivity contribution in [2.45, 2.75) is 5.88 Å². The molecule has 2 rings (SSSR count). The number of methoxy groups -OCH3 is 1. The lowest BCUT2D eigenvalue weighted by Gasteiger charge is -2.04. The highest BCUT2D eigenvalue weighted by Gasteiger charge is 2.04. The predicted molar refractivity (Wildman–Crippen MR) is 63.2 cm³/mol. The molecule has 0 saturated carbocycles. The largest absolute Gasteiger partial charge is 0.497 e. The van der Waals surface area contributed by atoms with Gasteiger partial charge in [-0.25, -0.2) is 0 Å². The number of benzene rings is 1. The number of halogens is 1.